The van der Waals surface area contributed by atoms with E-state index in [9.17, 15) is 0 Å². The fraction of sp³-hybridized carbons (Fsp3) is 0.500. The predicted octanol–water partition coefficient (Wildman–Crippen LogP) is 1.59. The molecule has 0 spiro atoms. The van der Waals surface area contributed by atoms with Crippen LogP contribution in [0.5, 0.6) is 0 Å². The monoisotopic (exact) mass is 143 g/mol. The first-order valence-electron chi connectivity index (χ1n) is 2.90. The van der Waals surface area contributed by atoms with Crippen LogP contribution in [0.4, 0.5) is 0 Å². The van der Waals surface area contributed by atoms with Crippen LogP contribution in [0.25, 0.3) is 0 Å². The van der Waals surface area contributed by atoms with Crippen LogP contribution < -0.4 is 0 Å². The van der Waals surface area contributed by atoms with Crippen LogP contribution in [-0.4, -0.2) is 10.1 Å². The van der Waals surface area contributed by atoms with Crippen molar-refractivity contribution < 1.29 is 5.11 Å². The highest BCUT2D eigenvalue weighted by Gasteiger charge is 2.04. The average molecular weight is 143 g/mol. The number of rotatable bonds is 2. The second kappa shape index (κ2) is 2.94. The highest BCUT2D eigenvalue weighted by atomic mass is 32.1. The Balaban J connectivity index is 2.65. The highest BCUT2D eigenvalue weighted by molar-refractivity contribution is 7.07. The third-order valence-electron chi connectivity index (χ3n) is 1.18. The molecule has 3 heteroatoms. The Hall–Kier alpha value is -0.410. The summed E-state index contributed by atoms with van der Waals surface area (Å²) in [5, 5.41) is 11.0. The number of thiazole rings is 1. The summed E-state index contributed by atoms with van der Waals surface area (Å²) in [7, 11) is 0. The van der Waals surface area contributed by atoms with Crippen LogP contribution in [-0.2, 0) is 0 Å². The van der Waals surface area contributed by atoms with Gasteiger partial charge in [-0.25, -0.2) is 4.98 Å². The summed E-state index contributed by atoms with van der Waals surface area (Å²) < 4.78 is 0. The Morgan fingerprint density at radius 1 is 1.89 bits per heavy atom. The van der Waals surface area contributed by atoms with Gasteiger partial charge < -0.3 is 5.11 Å². The predicted molar refractivity (Wildman–Crippen MR) is 37.4 cm³/mol. The molecule has 0 radical (unpaired) electrons. The van der Waals surface area contributed by atoms with Crippen LogP contribution in [0.1, 0.15) is 25.1 Å². The molecule has 2 nitrogen and oxygen atoms in total. The zero-order valence-electron chi connectivity index (χ0n) is 5.24. The van der Waals surface area contributed by atoms with Gasteiger partial charge >= 0.3 is 0 Å². The van der Waals surface area contributed by atoms with Gasteiger partial charge in [0, 0.05) is 5.38 Å². The van der Waals surface area contributed by atoms with E-state index in [0.717, 1.165) is 12.1 Å². The van der Waals surface area contributed by atoms with E-state index < -0.39 is 0 Å². The Labute approximate surface area is 58.2 Å². The fourth-order valence-corrected chi connectivity index (χ4v) is 1.20. The second-order valence-electron chi connectivity index (χ2n) is 1.84. The number of aliphatic hydroxyl groups is 1. The Morgan fingerprint density at radius 3 is 3.11 bits per heavy atom. The van der Waals surface area contributed by atoms with Gasteiger partial charge in [0.25, 0.3) is 0 Å². The number of hydrogen-bond donors (Lipinski definition) is 1. The lowest BCUT2D eigenvalue weighted by atomic mass is 10.2. The third kappa shape index (κ3) is 1.50. The van der Waals surface area contributed by atoms with Crippen molar-refractivity contribution in [2.24, 2.45) is 0 Å². The van der Waals surface area contributed by atoms with Crippen molar-refractivity contribution in [3.63, 3.8) is 0 Å². The standard InChI is InChI=1S/C6H9NOS/c1-2-6(8)5-3-9-4-7-5/h3-4,6,8H,2H2,1H3. The van der Waals surface area contributed by atoms with Gasteiger partial charge in [-0.1, -0.05) is 6.92 Å². The Kier molecular flexibility index (Phi) is 2.19. The molecule has 1 N–H and O–H groups in total. The summed E-state index contributed by atoms with van der Waals surface area (Å²) in [6.07, 6.45) is 0.375. The van der Waals surface area contributed by atoms with Crippen LogP contribution >= 0.6 is 11.3 Å². The third-order valence-corrected chi connectivity index (χ3v) is 1.78. The molecule has 0 bridgehead atoms. The largest absolute Gasteiger partial charge is 0.387 e. The van der Waals surface area contributed by atoms with Gasteiger partial charge in [0.1, 0.15) is 0 Å². The molecule has 0 saturated heterocycles. The maximum atomic E-state index is 9.16. The van der Waals surface area contributed by atoms with Crippen molar-refractivity contribution >= 4 is 11.3 Å². The van der Waals surface area contributed by atoms with Gasteiger partial charge in [-0.15, -0.1) is 11.3 Å². The summed E-state index contributed by atoms with van der Waals surface area (Å²) in [4.78, 5) is 3.96. The molecular formula is C6H9NOS. The van der Waals surface area contributed by atoms with E-state index in [-0.39, 0.29) is 6.10 Å². The molecule has 0 fully saturated rings. The average Bonchev–Trinajstić information content (AvgIpc) is 2.37. The van der Waals surface area contributed by atoms with Crippen molar-refractivity contribution in [2.75, 3.05) is 0 Å². The lowest BCUT2D eigenvalue weighted by Crippen LogP contribution is -1.93. The number of aliphatic hydroxyl groups excluding tert-OH is 1. The van der Waals surface area contributed by atoms with E-state index in [0.29, 0.717) is 0 Å². The molecule has 0 aromatic carbocycles. The molecule has 1 atom stereocenters. The van der Waals surface area contributed by atoms with E-state index >= 15 is 0 Å². The summed E-state index contributed by atoms with van der Waals surface area (Å²) in [6.45, 7) is 1.93. The van der Waals surface area contributed by atoms with E-state index in [1.54, 1.807) is 5.51 Å². The first-order valence-corrected chi connectivity index (χ1v) is 3.85. The van der Waals surface area contributed by atoms with E-state index in [1.807, 2.05) is 12.3 Å². The minimum atomic E-state index is -0.365. The minimum absolute atomic E-state index is 0.365. The van der Waals surface area contributed by atoms with Crippen molar-refractivity contribution in [1.29, 1.82) is 0 Å². The molecular weight excluding hydrogens is 134 g/mol. The first kappa shape index (κ1) is 6.71. The SMILES string of the molecule is CCC(O)c1cscn1. The molecule has 1 rings (SSSR count). The zero-order chi connectivity index (χ0) is 6.69. The van der Waals surface area contributed by atoms with Crippen LogP contribution in [0.2, 0.25) is 0 Å². The fourth-order valence-electron chi connectivity index (χ4n) is 0.596. The van der Waals surface area contributed by atoms with Gasteiger partial charge in [-0.2, -0.15) is 0 Å². The molecule has 0 aliphatic heterocycles. The molecule has 0 aliphatic carbocycles. The molecule has 0 amide bonds. The summed E-state index contributed by atoms with van der Waals surface area (Å²) in [5.41, 5.74) is 2.52. The van der Waals surface area contributed by atoms with Gasteiger partial charge in [0.05, 0.1) is 17.3 Å². The summed E-state index contributed by atoms with van der Waals surface area (Å²) >= 11 is 1.51. The topological polar surface area (TPSA) is 33.1 Å². The lowest BCUT2D eigenvalue weighted by molar-refractivity contribution is 0.169. The molecule has 1 aromatic rings. The quantitative estimate of drug-likeness (QED) is 0.682. The minimum Gasteiger partial charge on any atom is -0.387 e. The smallest absolute Gasteiger partial charge is 0.0965 e. The maximum Gasteiger partial charge on any atom is 0.0965 e. The lowest BCUT2D eigenvalue weighted by Gasteiger charge is -2.00. The molecule has 1 aromatic heterocycles. The van der Waals surface area contributed by atoms with Gasteiger partial charge in [-0.3, -0.25) is 0 Å². The van der Waals surface area contributed by atoms with Crippen LogP contribution in [0.3, 0.4) is 0 Å². The maximum absolute atomic E-state index is 9.16. The van der Waals surface area contributed by atoms with E-state index in [4.69, 9.17) is 5.11 Å². The van der Waals surface area contributed by atoms with Crippen LogP contribution in [0, 0.1) is 0 Å². The molecule has 1 heterocycles. The molecule has 9 heavy (non-hydrogen) atoms. The Bertz CT molecular complexity index is 162. The van der Waals surface area contributed by atoms with Crippen molar-refractivity contribution in [3.8, 4) is 0 Å². The Morgan fingerprint density at radius 2 is 2.67 bits per heavy atom. The van der Waals surface area contributed by atoms with Crippen molar-refractivity contribution in [1.82, 2.24) is 4.98 Å². The molecule has 0 aliphatic rings. The van der Waals surface area contributed by atoms with Gasteiger partial charge in [-0.05, 0) is 6.42 Å². The van der Waals surface area contributed by atoms with Gasteiger partial charge in [0.2, 0.25) is 0 Å². The molecule has 1 unspecified atom stereocenters. The number of nitrogens with zero attached hydrogens (tertiary/aromatic N) is 1. The van der Waals surface area contributed by atoms with E-state index in [2.05, 4.69) is 4.98 Å². The second-order valence-corrected chi connectivity index (χ2v) is 2.56. The van der Waals surface area contributed by atoms with Crippen molar-refractivity contribution in [3.05, 3.63) is 16.6 Å². The van der Waals surface area contributed by atoms with E-state index in [1.165, 1.54) is 11.3 Å². The number of hydrogen-bond acceptors (Lipinski definition) is 3. The number of aromatic nitrogens is 1. The summed E-state index contributed by atoms with van der Waals surface area (Å²) in [6, 6.07) is 0. The first-order chi connectivity index (χ1) is 4.34. The highest BCUT2D eigenvalue weighted by Crippen LogP contribution is 2.14. The summed E-state index contributed by atoms with van der Waals surface area (Å²) in [5.74, 6) is 0. The van der Waals surface area contributed by atoms with Gasteiger partial charge in [0.15, 0.2) is 0 Å². The molecule has 0 saturated carbocycles. The van der Waals surface area contributed by atoms with Crippen LogP contribution in [0.15, 0.2) is 10.9 Å². The molecule has 50 valence electrons. The zero-order valence-corrected chi connectivity index (χ0v) is 6.06. The van der Waals surface area contributed by atoms with Crippen molar-refractivity contribution in [2.45, 2.75) is 19.4 Å². The normalized spacial score (nSPS) is 13.6.